The monoisotopic (exact) mass is 378 g/mol. The Morgan fingerprint density at radius 3 is 2.64 bits per heavy atom. The maximum atomic E-state index is 12.9. The van der Waals surface area contributed by atoms with Crippen LogP contribution in [-0.2, 0) is 16.8 Å². The van der Waals surface area contributed by atoms with Crippen LogP contribution < -0.4 is 0 Å². The lowest BCUT2D eigenvalue weighted by Gasteiger charge is -2.49. The molecule has 0 aliphatic carbocycles. The SMILES string of the molecule is CN(C)[C@]1(c2ccccc2)CCN(C(=O)Cc2[nH]nc3ccccc23)C[C@H]1O. The summed E-state index contributed by atoms with van der Waals surface area (Å²) in [6, 6.07) is 17.8. The minimum atomic E-state index is -0.666. The van der Waals surface area contributed by atoms with Gasteiger partial charge in [-0.05, 0) is 32.1 Å². The van der Waals surface area contributed by atoms with Gasteiger partial charge in [-0.25, -0.2) is 0 Å². The number of hydrogen-bond acceptors (Lipinski definition) is 4. The highest BCUT2D eigenvalue weighted by molar-refractivity contribution is 5.87. The van der Waals surface area contributed by atoms with Crippen molar-refractivity contribution in [3.63, 3.8) is 0 Å². The number of carbonyl (C=O) groups excluding carboxylic acids is 1. The van der Waals surface area contributed by atoms with Crippen LogP contribution in [-0.4, -0.2) is 64.3 Å². The molecule has 1 amide bonds. The second-order valence-corrected chi connectivity index (χ2v) is 7.69. The summed E-state index contributed by atoms with van der Waals surface area (Å²) in [6.45, 7) is 0.924. The molecule has 0 radical (unpaired) electrons. The highest BCUT2D eigenvalue weighted by atomic mass is 16.3. The van der Waals surface area contributed by atoms with E-state index in [4.69, 9.17) is 0 Å². The number of likely N-dealkylation sites (N-methyl/N-ethyl adjacent to an activating group) is 1. The molecule has 2 N–H and O–H groups in total. The van der Waals surface area contributed by atoms with Crippen molar-refractivity contribution in [1.29, 1.82) is 0 Å². The first kappa shape index (κ1) is 18.7. The van der Waals surface area contributed by atoms with Crippen molar-refractivity contribution in [3.8, 4) is 0 Å². The van der Waals surface area contributed by atoms with Crippen molar-refractivity contribution in [2.75, 3.05) is 27.2 Å². The number of carbonyl (C=O) groups is 1. The van der Waals surface area contributed by atoms with Gasteiger partial charge < -0.3 is 10.0 Å². The number of fused-ring (bicyclic) bond motifs is 1. The van der Waals surface area contributed by atoms with Gasteiger partial charge in [-0.2, -0.15) is 5.10 Å². The Labute approximate surface area is 164 Å². The molecule has 28 heavy (non-hydrogen) atoms. The van der Waals surface area contributed by atoms with Gasteiger partial charge in [-0.15, -0.1) is 0 Å². The largest absolute Gasteiger partial charge is 0.389 e. The second kappa shape index (κ2) is 7.37. The van der Waals surface area contributed by atoms with Gasteiger partial charge in [0.05, 0.1) is 29.3 Å². The third-order valence-corrected chi connectivity index (χ3v) is 6.00. The van der Waals surface area contributed by atoms with E-state index in [1.54, 1.807) is 4.90 Å². The lowest BCUT2D eigenvalue weighted by Crippen LogP contribution is -2.61. The number of H-pyrrole nitrogens is 1. The van der Waals surface area contributed by atoms with Gasteiger partial charge >= 0.3 is 0 Å². The lowest BCUT2D eigenvalue weighted by atomic mass is 9.77. The zero-order valence-electron chi connectivity index (χ0n) is 16.3. The van der Waals surface area contributed by atoms with Gasteiger partial charge in [0, 0.05) is 18.5 Å². The number of hydrogen-bond donors (Lipinski definition) is 2. The minimum absolute atomic E-state index is 0.00821. The average Bonchev–Trinajstić information content (AvgIpc) is 3.11. The van der Waals surface area contributed by atoms with Crippen molar-refractivity contribution in [2.45, 2.75) is 24.5 Å². The number of benzene rings is 2. The fourth-order valence-electron chi connectivity index (χ4n) is 4.40. The summed E-state index contributed by atoms with van der Waals surface area (Å²) in [5.74, 6) is 0.00821. The Balaban J connectivity index is 1.52. The quantitative estimate of drug-likeness (QED) is 0.730. The molecule has 0 saturated carbocycles. The lowest BCUT2D eigenvalue weighted by molar-refractivity contribution is -0.140. The maximum Gasteiger partial charge on any atom is 0.228 e. The summed E-state index contributed by atoms with van der Waals surface area (Å²) in [7, 11) is 3.98. The molecule has 0 unspecified atom stereocenters. The fraction of sp³-hybridized carbons (Fsp3) is 0.364. The molecule has 146 valence electrons. The van der Waals surface area contributed by atoms with Gasteiger partial charge in [0.2, 0.25) is 5.91 Å². The molecule has 2 heterocycles. The van der Waals surface area contributed by atoms with E-state index in [-0.39, 0.29) is 12.3 Å². The number of para-hydroxylation sites is 1. The maximum absolute atomic E-state index is 12.9. The van der Waals surface area contributed by atoms with E-state index in [1.807, 2.05) is 56.6 Å². The number of aliphatic hydroxyl groups is 1. The highest BCUT2D eigenvalue weighted by Crippen LogP contribution is 2.37. The van der Waals surface area contributed by atoms with Gasteiger partial charge in [-0.3, -0.25) is 14.8 Å². The number of aromatic nitrogens is 2. The first-order valence-corrected chi connectivity index (χ1v) is 9.63. The van der Waals surface area contributed by atoms with E-state index in [9.17, 15) is 9.90 Å². The van der Waals surface area contributed by atoms with Crippen LogP contribution in [0.3, 0.4) is 0 Å². The first-order chi connectivity index (χ1) is 13.5. The van der Waals surface area contributed by atoms with Crippen molar-refractivity contribution in [1.82, 2.24) is 20.0 Å². The number of amides is 1. The Morgan fingerprint density at radius 2 is 1.93 bits per heavy atom. The van der Waals surface area contributed by atoms with Crippen molar-refractivity contribution in [3.05, 3.63) is 65.9 Å². The number of β-amino-alcohol motifs (C(OH)–C–C–N with tert-alkyl or cyclic N) is 1. The van der Waals surface area contributed by atoms with Crippen LogP contribution >= 0.6 is 0 Å². The summed E-state index contributed by atoms with van der Waals surface area (Å²) in [5.41, 5.74) is 2.28. The third kappa shape index (κ3) is 3.08. The van der Waals surface area contributed by atoms with Crippen LogP contribution in [0.15, 0.2) is 54.6 Å². The Hall–Kier alpha value is -2.70. The van der Waals surface area contributed by atoms with Crippen LogP contribution in [0.2, 0.25) is 0 Å². The van der Waals surface area contributed by atoms with Gasteiger partial charge in [-0.1, -0.05) is 48.5 Å². The van der Waals surface area contributed by atoms with Crippen molar-refractivity contribution < 1.29 is 9.90 Å². The number of nitrogens with one attached hydrogen (secondary N) is 1. The van der Waals surface area contributed by atoms with Crippen molar-refractivity contribution in [2.24, 2.45) is 0 Å². The van der Waals surface area contributed by atoms with Crippen molar-refractivity contribution >= 4 is 16.8 Å². The molecule has 0 spiro atoms. The van der Waals surface area contributed by atoms with Crippen LogP contribution in [0.4, 0.5) is 0 Å². The molecule has 1 aromatic heterocycles. The van der Waals surface area contributed by atoms with E-state index in [0.717, 1.165) is 22.2 Å². The molecule has 3 aromatic rings. The van der Waals surface area contributed by atoms with E-state index in [2.05, 4.69) is 27.2 Å². The summed E-state index contributed by atoms with van der Waals surface area (Å²) < 4.78 is 0. The van der Waals surface area contributed by atoms with E-state index < -0.39 is 11.6 Å². The van der Waals surface area contributed by atoms with Gasteiger partial charge in [0.25, 0.3) is 0 Å². The standard InChI is InChI=1S/C22H26N4O2/c1-25(2)22(16-8-4-3-5-9-16)12-13-26(15-20(22)27)21(28)14-19-17-10-6-7-11-18(17)23-24-19/h3-11,20,27H,12-15H2,1-2H3,(H,23,24)/t20-,22+/m1/s1. The van der Waals surface area contributed by atoms with Crippen LogP contribution in [0.1, 0.15) is 17.7 Å². The molecule has 2 atom stereocenters. The Kier molecular flexibility index (Phi) is 4.91. The number of aliphatic hydroxyl groups excluding tert-OH is 1. The van der Waals surface area contributed by atoms with Crippen LogP contribution in [0.25, 0.3) is 10.9 Å². The average molecular weight is 378 g/mol. The molecule has 0 bridgehead atoms. The van der Waals surface area contributed by atoms with Gasteiger partial charge in [0.1, 0.15) is 0 Å². The second-order valence-electron chi connectivity index (χ2n) is 7.69. The molecule has 4 rings (SSSR count). The molecular weight excluding hydrogens is 352 g/mol. The Morgan fingerprint density at radius 1 is 1.21 bits per heavy atom. The predicted octanol–water partition coefficient (Wildman–Crippen LogP) is 2.16. The predicted molar refractivity (Wildman–Crippen MR) is 109 cm³/mol. The number of piperidine rings is 1. The zero-order valence-corrected chi connectivity index (χ0v) is 16.3. The molecule has 1 fully saturated rings. The molecular formula is C22H26N4O2. The zero-order chi connectivity index (χ0) is 19.7. The molecule has 6 heteroatoms. The number of aromatic amines is 1. The normalized spacial score (nSPS) is 22.7. The van der Waals surface area contributed by atoms with E-state index >= 15 is 0 Å². The van der Waals surface area contributed by atoms with Crippen LogP contribution in [0.5, 0.6) is 0 Å². The smallest absolute Gasteiger partial charge is 0.228 e. The Bertz CT molecular complexity index is 969. The van der Waals surface area contributed by atoms with E-state index in [0.29, 0.717) is 19.5 Å². The molecule has 6 nitrogen and oxygen atoms in total. The number of rotatable bonds is 4. The first-order valence-electron chi connectivity index (χ1n) is 9.63. The summed E-state index contributed by atoms with van der Waals surface area (Å²) in [5, 5.41) is 19.3. The molecule has 2 aromatic carbocycles. The summed E-state index contributed by atoms with van der Waals surface area (Å²) >= 11 is 0. The summed E-state index contributed by atoms with van der Waals surface area (Å²) in [6.07, 6.45) is 0.273. The highest BCUT2D eigenvalue weighted by Gasteiger charge is 2.46. The molecule has 1 saturated heterocycles. The molecule has 1 aliphatic rings. The summed E-state index contributed by atoms with van der Waals surface area (Å²) in [4.78, 5) is 16.8. The van der Waals surface area contributed by atoms with E-state index in [1.165, 1.54) is 0 Å². The number of nitrogens with zero attached hydrogens (tertiary/aromatic N) is 3. The van der Waals surface area contributed by atoms with Crippen LogP contribution in [0, 0.1) is 0 Å². The molecule has 1 aliphatic heterocycles. The topological polar surface area (TPSA) is 72.5 Å². The van der Waals surface area contributed by atoms with Gasteiger partial charge in [0.15, 0.2) is 0 Å². The number of likely N-dealkylation sites (tertiary alicyclic amines) is 1. The fourth-order valence-corrected chi connectivity index (χ4v) is 4.40. The minimum Gasteiger partial charge on any atom is -0.389 e. The third-order valence-electron chi connectivity index (χ3n) is 6.00.